The fourth-order valence-corrected chi connectivity index (χ4v) is 3.35. The molecule has 2 aromatic heterocycles. The van der Waals surface area contributed by atoms with Crippen molar-refractivity contribution < 1.29 is 0 Å². The Morgan fingerprint density at radius 2 is 2.14 bits per heavy atom. The molecule has 4 rings (SSSR count). The van der Waals surface area contributed by atoms with E-state index in [4.69, 9.17) is 5.73 Å². The van der Waals surface area contributed by atoms with E-state index in [-0.39, 0.29) is 5.56 Å². The Hall–Kier alpha value is -2.44. The van der Waals surface area contributed by atoms with Crippen LogP contribution in [-0.2, 0) is 12.8 Å². The monoisotopic (exact) mass is 298 g/mol. The van der Waals surface area contributed by atoms with Crippen molar-refractivity contribution in [1.29, 1.82) is 0 Å². The number of anilines is 2. The lowest BCUT2D eigenvalue weighted by molar-refractivity contribution is 0.365. The van der Waals surface area contributed by atoms with E-state index in [1.807, 2.05) is 0 Å². The van der Waals surface area contributed by atoms with Gasteiger partial charge < -0.3 is 16.0 Å². The molecule has 1 fully saturated rings. The second kappa shape index (κ2) is 5.08. The van der Waals surface area contributed by atoms with Crippen molar-refractivity contribution in [2.45, 2.75) is 44.1 Å². The molecule has 0 bridgehead atoms. The summed E-state index contributed by atoms with van der Waals surface area (Å²) in [4.78, 5) is 26.8. The summed E-state index contributed by atoms with van der Waals surface area (Å²) in [6, 6.07) is 1.94. The molecule has 0 amide bonds. The summed E-state index contributed by atoms with van der Waals surface area (Å²) in [5.41, 5.74) is 8.87. The van der Waals surface area contributed by atoms with Crippen molar-refractivity contribution in [2.24, 2.45) is 0 Å². The van der Waals surface area contributed by atoms with E-state index < -0.39 is 0 Å². The zero-order valence-corrected chi connectivity index (χ0v) is 12.2. The molecule has 0 radical (unpaired) electrons. The van der Waals surface area contributed by atoms with Gasteiger partial charge in [0.2, 0.25) is 5.95 Å². The maximum absolute atomic E-state index is 11.3. The first kappa shape index (κ1) is 13.2. The van der Waals surface area contributed by atoms with Crippen LogP contribution < -0.4 is 16.6 Å². The van der Waals surface area contributed by atoms with Gasteiger partial charge in [-0.05, 0) is 32.1 Å². The van der Waals surface area contributed by atoms with Crippen molar-refractivity contribution >= 4 is 11.8 Å². The topological polar surface area (TPSA) is 110 Å². The molecule has 7 nitrogen and oxygen atoms in total. The Morgan fingerprint density at radius 1 is 1.27 bits per heavy atom. The third-order valence-electron chi connectivity index (χ3n) is 4.55. The second-order valence-corrected chi connectivity index (χ2v) is 6.05. The molecule has 2 aromatic rings. The number of aromatic nitrogens is 4. The van der Waals surface area contributed by atoms with Crippen molar-refractivity contribution in [2.75, 3.05) is 11.1 Å². The quantitative estimate of drug-likeness (QED) is 0.779. The van der Waals surface area contributed by atoms with Crippen molar-refractivity contribution in [3.8, 4) is 0 Å². The summed E-state index contributed by atoms with van der Waals surface area (Å²) in [5.74, 6) is 1.57. The normalized spacial score (nSPS) is 22.9. The summed E-state index contributed by atoms with van der Waals surface area (Å²) in [5, 5.41) is 3.49. The average molecular weight is 298 g/mol. The predicted octanol–water partition coefficient (Wildman–Crippen LogP) is 0.989. The summed E-state index contributed by atoms with van der Waals surface area (Å²) >= 11 is 0. The lowest BCUT2D eigenvalue weighted by Crippen LogP contribution is -2.35. The number of rotatable bonds is 3. The third kappa shape index (κ3) is 2.32. The van der Waals surface area contributed by atoms with Gasteiger partial charge in [-0.2, -0.15) is 4.98 Å². The standard InChI is InChI=1S/C15H18N6O/c16-15-20-11-3-1-2-10(11)14(21-15)19-9-4-8(5-9)12-6-13(22)18-7-17-12/h6-9H,1-5H2,(H,17,18,22)(H3,16,19,20,21). The number of aryl methyl sites for hydroxylation is 1. The lowest BCUT2D eigenvalue weighted by Gasteiger charge is -2.36. The Morgan fingerprint density at radius 3 is 2.95 bits per heavy atom. The van der Waals surface area contributed by atoms with E-state index in [2.05, 4.69) is 25.3 Å². The number of nitrogens with one attached hydrogen (secondary N) is 2. The summed E-state index contributed by atoms with van der Waals surface area (Å²) in [7, 11) is 0. The summed E-state index contributed by atoms with van der Waals surface area (Å²) in [6.07, 6.45) is 6.50. The van der Waals surface area contributed by atoms with Crippen LogP contribution in [0.25, 0.3) is 0 Å². The highest BCUT2D eigenvalue weighted by Gasteiger charge is 2.32. The predicted molar refractivity (Wildman–Crippen MR) is 82.7 cm³/mol. The molecule has 2 aliphatic carbocycles. The van der Waals surface area contributed by atoms with Crippen LogP contribution >= 0.6 is 0 Å². The molecular weight excluding hydrogens is 280 g/mol. The van der Waals surface area contributed by atoms with Crippen LogP contribution in [0.2, 0.25) is 0 Å². The number of nitrogens with zero attached hydrogens (tertiary/aromatic N) is 3. The van der Waals surface area contributed by atoms with Gasteiger partial charge in [-0.15, -0.1) is 0 Å². The first-order valence-corrected chi connectivity index (χ1v) is 7.65. The van der Waals surface area contributed by atoms with E-state index >= 15 is 0 Å². The molecule has 114 valence electrons. The minimum Gasteiger partial charge on any atom is -0.368 e. The zero-order valence-electron chi connectivity index (χ0n) is 12.2. The maximum Gasteiger partial charge on any atom is 0.250 e. The van der Waals surface area contributed by atoms with Gasteiger partial charge in [0.25, 0.3) is 5.56 Å². The molecule has 4 N–H and O–H groups in total. The van der Waals surface area contributed by atoms with E-state index in [9.17, 15) is 4.79 Å². The van der Waals surface area contributed by atoms with Gasteiger partial charge in [-0.1, -0.05) is 0 Å². The van der Waals surface area contributed by atoms with Gasteiger partial charge in [-0.25, -0.2) is 9.97 Å². The molecule has 0 aromatic carbocycles. The molecule has 0 atom stereocenters. The van der Waals surface area contributed by atoms with Crippen LogP contribution in [0.15, 0.2) is 17.2 Å². The van der Waals surface area contributed by atoms with Crippen molar-refractivity contribution in [3.05, 3.63) is 39.7 Å². The SMILES string of the molecule is Nc1nc2c(c(NC3CC(c4cc(=O)[nH]cn4)C3)n1)CCC2. The third-order valence-corrected chi connectivity index (χ3v) is 4.55. The molecule has 0 spiro atoms. The minimum atomic E-state index is -0.0946. The Bertz CT molecular complexity index is 765. The number of nitrogen functional groups attached to an aromatic ring is 1. The maximum atomic E-state index is 11.3. The van der Waals surface area contributed by atoms with Gasteiger partial charge in [0, 0.05) is 23.6 Å². The van der Waals surface area contributed by atoms with Gasteiger partial charge >= 0.3 is 0 Å². The molecule has 2 aliphatic rings. The molecule has 7 heteroatoms. The molecule has 2 heterocycles. The van der Waals surface area contributed by atoms with Crippen LogP contribution in [0.3, 0.4) is 0 Å². The molecule has 0 aliphatic heterocycles. The number of fused-ring (bicyclic) bond motifs is 1. The fourth-order valence-electron chi connectivity index (χ4n) is 3.35. The van der Waals surface area contributed by atoms with Crippen LogP contribution in [-0.4, -0.2) is 26.0 Å². The highest BCUT2D eigenvalue weighted by molar-refractivity contribution is 5.52. The van der Waals surface area contributed by atoms with Gasteiger partial charge in [-0.3, -0.25) is 4.79 Å². The van der Waals surface area contributed by atoms with E-state index in [0.717, 1.165) is 49.3 Å². The minimum absolute atomic E-state index is 0.0946. The van der Waals surface area contributed by atoms with Gasteiger partial charge in [0.15, 0.2) is 0 Å². The second-order valence-electron chi connectivity index (χ2n) is 6.05. The van der Waals surface area contributed by atoms with Crippen LogP contribution in [0.4, 0.5) is 11.8 Å². The number of aromatic amines is 1. The fraction of sp³-hybridized carbons (Fsp3) is 0.467. The van der Waals surface area contributed by atoms with Gasteiger partial charge in [0.1, 0.15) is 5.82 Å². The molecular formula is C15H18N6O. The number of hydrogen-bond donors (Lipinski definition) is 3. The van der Waals surface area contributed by atoms with E-state index in [1.54, 1.807) is 6.07 Å². The van der Waals surface area contributed by atoms with Crippen molar-refractivity contribution in [1.82, 2.24) is 19.9 Å². The first-order valence-electron chi connectivity index (χ1n) is 7.65. The Kier molecular flexibility index (Phi) is 3.06. The van der Waals surface area contributed by atoms with E-state index in [1.165, 1.54) is 11.9 Å². The zero-order chi connectivity index (χ0) is 15.1. The molecule has 0 unspecified atom stereocenters. The smallest absolute Gasteiger partial charge is 0.250 e. The highest BCUT2D eigenvalue weighted by Crippen LogP contribution is 2.38. The van der Waals surface area contributed by atoms with Gasteiger partial charge in [0.05, 0.1) is 17.7 Å². The van der Waals surface area contributed by atoms with Crippen LogP contribution in [0, 0.1) is 0 Å². The Balaban J connectivity index is 1.46. The van der Waals surface area contributed by atoms with Crippen LogP contribution in [0.5, 0.6) is 0 Å². The van der Waals surface area contributed by atoms with Crippen LogP contribution in [0.1, 0.15) is 42.1 Å². The highest BCUT2D eigenvalue weighted by atomic mass is 16.1. The average Bonchev–Trinajstić information content (AvgIpc) is 2.90. The van der Waals surface area contributed by atoms with E-state index in [0.29, 0.717) is 17.9 Å². The number of H-pyrrole nitrogens is 1. The lowest BCUT2D eigenvalue weighted by atomic mass is 9.78. The first-order chi connectivity index (χ1) is 10.7. The Labute approximate surface area is 127 Å². The summed E-state index contributed by atoms with van der Waals surface area (Å²) < 4.78 is 0. The molecule has 1 saturated carbocycles. The molecule has 0 saturated heterocycles. The number of nitrogens with two attached hydrogens (primary N) is 1. The summed E-state index contributed by atoms with van der Waals surface area (Å²) in [6.45, 7) is 0. The van der Waals surface area contributed by atoms with Crippen molar-refractivity contribution in [3.63, 3.8) is 0 Å². The number of hydrogen-bond acceptors (Lipinski definition) is 6. The molecule has 22 heavy (non-hydrogen) atoms. The largest absolute Gasteiger partial charge is 0.368 e.